The van der Waals surface area contributed by atoms with Gasteiger partial charge in [-0.1, -0.05) is 30.3 Å². The Morgan fingerprint density at radius 1 is 0.900 bits per heavy atom. The summed E-state index contributed by atoms with van der Waals surface area (Å²) < 4.78 is 5.66. The predicted octanol–water partition coefficient (Wildman–Crippen LogP) is 3.64. The molecule has 0 N–H and O–H groups in total. The fourth-order valence-corrected chi connectivity index (χ4v) is 2.00. The van der Waals surface area contributed by atoms with Gasteiger partial charge in [0.2, 0.25) is 11.6 Å². The molecular formula is C17H14O3. The standard InChI is InChI=1S/C17H14O3/c18-16(12-9-10-12)17(19)13-5-4-8-15(11-13)20-14-6-2-1-3-7-14/h1-8,11-12H,9-10H2. The van der Waals surface area contributed by atoms with Crippen molar-refractivity contribution < 1.29 is 14.3 Å². The minimum absolute atomic E-state index is 0.0544. The van der Waals surface area contributed by atoms with Crippen molar-refractivity contribution in [3.05, 3.63) is 60.2 Å². The van der Waals surface area contributed by atoms with Crippen molar-refractivity contribution in [3.8, 4) is 11.5 Å². The quantitative estimate of drug-likeness (QED) is 0.613. The second-order valence-electron chi connectivity index (χ2n) is 4.91. The third kappa shape index (κ3) is 2.77. The molecule has 1 aliphatic rings. The highest BCUT2D eigenvalue weighted by atomic mass is 16.5. The van der Waals surface area contributed by atoms with Gasteiger partial charge in [-0.3, -0.25) is 9.59 Å². The summed E-state index contributed by atoms with van der Waals surface area (Å²) in [5, 5.41) is 0. The topological polar surface area (TPSA) is 43.4 Å². The first-order valence-corrected chi connectivity index (χ1v) is 6.65. The first kappa shape index (κ1) is 12.6. The molecule has 0 saturated heterocycles. The lowest BCUT2D eigenvalue weighted by Gasteiger charge is -2.06. The van der Waals surface area contributed by atoms with Crippen LogP contribution in [0.4, 0.5) is 0 Å². The Morgan fingerprint density at radius 2 is 1.60 bits per heavy atom. The van der Waals surface area contributed by atoms with E-state index < -0.39 is 5.78 Å². The van der Waals surface area contributed by atoms with E-state index in [2.05, 4.69) is 0 Å². The molecule has 1 aliphatic carbocycles. The van der Waals surface area contributed by atoms with Gasteiger partial charge in [0, 0.05) is 11.5 Å². The lowest BCUT2D eigenvalue weighted by molar-refractivity contribution is -0.116. The zero-order chi connectivity index (χ0) is 13.9. The summed E-state index contributed by atoms with van der Waals surface area (Å²) in [5.74, 6) is 0.519. The molecule has 0 aromatic heterocycles. The normalized spacial score (nSPS) is 13.8. The van der Waals surface area contributed by atoms with Crippen molar-refractivity contribution in [1.82, 2.24) is 0 Å². The van der Waals surface area contributed by atoms with E-state index in [0.29, 0.717) is 17.1 Å². The maximum absolute atomic E-state index is 12.0. The monoisotopic (exact) mass is 266 g/mol. The van der Waals surface area contributed by atoms with E-state index in [9.17, 15) is 9.59 Å². The molecular weight excluding hydrogens is 252 g/mol. The van der Waals surface area contributed by atoms with Gasteiger partial charge in [0.15, 0.2) is 0 Å². The maximum Gasteiger partial charge on any atom is 0.228 e. The van der Waals surface area contributed by atoms with Gasteiger partial charge in [-0.2, -0.15) is 0 Å². The minimum atomic E-state index is -0.411. The predicted molar refractivity (Wildman–Crippen MR) is 75.0 cm³/mol. The molecule has 0 aliphatic heterocycles. The molecule has 0 amide bonds. The van der Waals surface area contributed by atoms with E-state index >= 15 is 0 Å². The molecule has 20 heavy (non-hydrogen) atoms. The Bertz CT molecular complexity index is 642. The lowest BCUT2D eigenvalue weighted by atomic mass is 10.0. The number of carbonyl (C=O) groups excluding carboxylic acids is 2. The van der Waals surface area contributed by atoms with Gasteiger partial charge in [0.25, 0.3) is 0 Å². The number of Topliss-reactive ketones (excluding diaryl/α,β-unsaturated/α-hetero) is 2. The largest absolute Gasteiger partial charge is 0.457 e. The Labute approximate surface area is 117 Å². The average molecular weight is 266 g/mol. The molecule has 2 aromatic rings. The Morgan fingerprint density at radius 3 is 2.30 bits per heavy atom. The van der Waals surface area contributed by atoms with E-state index in [1.807, 2.05) is 30.3 Å². The van der Waals surface area contributed by atoms with Crippen LogP contribution in [0.1, 0.15) is 23.2 Å². The lowest BCUT2D eigenvalue weighted by Crippen LogP contribution is -2.15. The van der Waals surface area contributed by atoms with Gasteiger partial charge in [-0.05, 0) is 37.1 Å². The van der Waals surface area contributed by atoms with E-state index in [-0.39, 0.29) is 11.7 Å². The Balaban J connectivity index is 1.79. The second kappa shape index (κ2) is 5.29. The van der Waals surface area contributed by atoms with Crippen LogP contribution in [0.3, 0.4) is 0 Å². The molecule has 0 atom stereocenters. The van der Waals surface area contributed by atoms with Crippen LogP contribution in [0.25, 0.3) is 0 Å². The summed E-state index contributed by atoms with van der Waals surface area (Å²) in [5.41, 5.74) is 0.398. The summed E-state index contributed by atoms with van der Waals surface area (Å²) in [6.45, 7) is 0. The highest BCUT2D eigenvalue weighted by molar-refractivity contribution is 6.44. The summed E-state index contributed by atoms with van der Waals surface area (Å²) in [7, 11) is 0. The highest BCUT2D eigenvalue weighted by Gasteiger charge is 2.34. The van der Waals surface area contributed by atoms with Crippen LogP contribution in [0, 0.1) is 5.92 Å². The van der Waals surface area contributed by atoms with Crippen LogP contribution in [0.15, 0.2) is 54.6 Å². The molecule has 3 nitrogen and oxygen atoms in total. The molecule has 1 fully saturated rings. The summed E-state index contributed by atoms with van der Waals surface area (Å²) >= 11 is 0. The Kier molecular flexibility index (Phi) is 3.33. The SMILES string of the molecule is O=C(C(=O)C1CC1)c1cccc(Oc2ccccc2)c1. The third-order valence-corrected chi connectivity index (χ3v) is 3.25. The Hall–Kier alpha value is -2.42. The maximum atomic E-state index is 12.0. The summed E-state index contributed by atoms with van der Waals surface area (Å²) in [6.07, 6.45) is 1.68. The summed E-state index contributed by atoms with van der Waals surface area (Å²) in [4.78, 5) is 23.8. The molecule has 0 radical (unpaired) electrons. The van der Waals surface area contributed by atoms with E-state index in [0.717, 1.165) is 12.8 Å². The van der Waals surface area contributed by atoms with Crippen LogP contribution in [-0.2, 0) is 4.79 Å². The van der Waals surface area contributed by atoms with Gasteiger partial charge in [0.05, 0.1) is 0 Å². The van der Waals surface area contributed by atoms with E-state index in [1.165, 1.54) is 0 Å². The minimum Gasteiger partial charge on any atom is -0.457 e. The summed E-state index contributed by atoms with van der Waals surface area (Å²) in [6, 6.07) is 16.1. The molecule has 3 heteroatoms. The molecule has 100 valence electrons. The van der Waals surface area contributed by atoms with E-state index in [1.54, 1.807) is 24.3 Å². The van der Waals surface area contributed by atoms with Crippen LogP contribution in [-0.4, -0.2) is 11.6 Å². The fraction of sp³-hybridized carbons (Fsp3) is 0.176. The molecule has 2 aromatic carbocycles. The first-order valence-electron chi connectivity index (χ1n) is 6.65. The number of ketones is 2. The number of hydrogen-bond donors (Lipinski definition) is 0. The molecule has 3 rings (SSSR count). The molecule has 0 spiro atoms. The average Bonchev–Trinajstić information content (AvgIpc) is 3.32. The number of rotatable bonds is 5. The van der Waals surface area contributed by atoms with E-state index in [4.69, 9.17) is 4.74 Å². The highest BCUT2D eigenvalue weighted by Crippen LogP contribution is 2.31. The van der Waals surface area contributed by atoms with Crippen LogP contribution in [0.2, 0.25) is 0 Å². The zero-order valence-corrected chi connectivity index (χ0v) is 10.9. The number of benzene rings is 2. The number of ether oxygens (including phenoxy) is 1. The van der Waals surface area contributed by atoms with Crippen LogP contribution in [0.5, 0.6) is 11.5 Å². The third-order valence-electron chi connectivity index (χ3n) is 3.25. The van der Waals surface area contributed by atoms with Gasteiger partial charge in [-0.15, -0.1) is 0 Å². The van der Waals surface area contributed by atoms with Gasteiger partial charge < -0.3 is 4.74 Å². The van der Waals surface area contributed by atoms with Crippen molar-refractivity contribution in [2.24, 2.45) is 5.92 Å². The molecule has 1 saturated carbocycles. The number of para-hydroxylation sites is 1. The molecule has 0 bridgehead atoms. The smallest absolute Gasteiger partial charge is 0.228 e. The van der Waals surface area contributed by atoms with Crippen molar-refractivity contribution in [1.29, 1.82) is 0 Å². The van der Waals surface area contributed by atoms with Crippen LogP contribution >= 0.6 is 0 Å². The van der Waals surface area contributed by atoms with Crippen molar-refractivity contribution in [2.75, 3.05) is 0 Å². The van der Waals surface area contributed by atoms with Crippen LogP contribution < -0.4 is 4.74 Å². The second-order valence-corrected chi connectivity index (χ2v) is 4.91. The van der Waals surface area contributed by atoms with Gasteiger partial charge in [0.1, 0.15) is 11.5 Å². The van der Waals surface area contributed by atoms with Crippen molar-refractivity contribution in [2.45, 2.75) is 12.8 Å². The zero-order valence-electron chi connectivity index (χ0n) is 10.9. The molecule has 0 unspecified atom stereocenters. The van der Waals surface area contributed by atoms with Crippen molar-refractivity contribution >= 4 is 11.6 Å². The van der Waals surface area contributed by atoms with Gasteiger partial charge >= 0.3 is 0 Å². The number of hydrogen-bond acceptors (Lipinski definition) is 3. The molecule has 0 heterocycles. The van der Waals surface area contributed by atoms with Crippen molar-refractivity contribution in [3.63, 3.8) is 0 Å². The van der Waals surface area contributed by atoms with Gasteiger partial charge in [-0.25, -0.2) is 0 Å². The number of carbonyl (C=O) groups is 2. The first-order chi connectivity index (χ1) is 9.74. The fourth-order valence-electron chi connectivity index (χ4n) is 2.00.